The molecule has 0 amide bonds. The van der Waals surface area contributed by atoms with Gasteiger partial charge in [-0.3, -0.25) is 0 Å². The lowest BCUT2D eigenvalue weighted by atomic mass is 9.90. The molecule has 4 nitrogen and oxygen atoms in total. The van der Waals surface area contributed by atoms with E-state index in [2.05, 4.69) is 4.98 Å². The van der Waals surface area contributed by atoms with Crippen LogP contribution in [0.1, 0.15) is 11.6 Å². The molecule has 3 atom stereocenters. The summed E-state index contributed by atoms with van der Waals surface area (Å²) in [4.78, 5) is 4.14. The number of halogens is 1. The molecule has 19 heavy (non-hydrogen) atoms. The molecule has 1 N–H and O–H groups in total. The quantitative estimate of drug-likeness (QED) is 0.847. The van der Waals surface area contributed by atoms with Gasteiger partial charge in [0.25, 0.3) is 0 Å². The normalized spacial score (nSPS) is 28.4. The number of aliphatic hydroxyl groups excluding tert-OH is 1. The Morgan fingerprint density at radius 1 is 1.37 bits per heavy atom. The molecule has 0 aliphatic carbocycles. The molecule has 1 saturated heterocycles. The Bertz CT molecular complexity index is 640. The van der Waals surface area contributed by atoms with Crippen molar-refractivity contribution in [1.82, 2.24) is 9.55 Å². The summed E-state index contributed by atoms with van der Waals surface area (Å²) >= 11 is 0. The van der Waals surface area contributed by atoms with Crippen LogP contribution in [0.15, 0.2) is 30.7 Å². The Morgan fingerprint density at radius 3 is 3.05 bits per heavy atom. The van der Waals surface area contributed by atoms with Crippen molar-refractivity contribution in [2.45, 2.75) is 12.1 Å². The molecule has 0 radical (unpaired) electrons. The van der Waals surface area contributed by atoms with Crippen LogP contribution in [0.3, 0.4) is 0 Å². The molecule has 1 aromatic heterocycles. The third-order valence-corrected chi connectivity index (χ3v) is 4.07. The minimum Gasteiger partial charge on any atom is -0.390 e. The van der Waals surface area contributed by atoms with Crippen molar-refractivity contribution in [3.8, 4) is 11.3 Å². The van der Waals surface area contributed by atoms with E-state index in [-0.39, 0.29) is 17.8 Å². The van der Waals surface area contributed by atoms with Crippen LogP contribution < -0.4 is 0 Å². The number of hydrogen-bond donors (Lipinski definition) is 1. The Hall–Kier alpha value is -1.72. The topological polar surface area (TPSA) is 47.3 Å². The van der Waals surface area contributed by atoms with Crippen LogP contribution in [-0.4, -0.2) is 34.0 Å². The molecule has 0 bridgehead atoms. The molecular formula is C14H13FN2O2. The van der Waals surface area contributed by atoms with Crippen LogP contribution in [0, 0.1) is 11.7 Å². The van der Waals surface area contributed by atoms with Gasteiger partial charge in [0, 0.05) is 11.5 Å². The zero-order valence-electron chi connectivity index (χ0n) is 10.2. The summed E-state index contributed by atoms with van der Waals surface area (Å²) in [5.74, 6) is -0.268. The van der Waals surface area contributed by atoms with Crippen molar-refractivity contribution in [1.29, 1.82) is 0 Å². The highest BCUT2D eigenvalue weighted by Gasteiger charge is 2.40. The fourth-order valence-corrected chi connectivity index (χ4v) is 3.19. The van der Waals surface area contributed by atoms with Crippen LogP contribution in [0.2, 0.25) is 0 Å². The van der Waals surface area contributed by atoms with Crippen LogP contribution in [-0.2, 0) is 4.74 Å². The van der Waals surface area contributed by atoms with Gasteiger partial charge in [-0.1, -0.05) is 6.07 Å². The summed E-state index contributed by atoms with van der Waals surface area (Å²) in [6.45, 7) is 0.877. The maximum Gasteiger partial charge on any atom is 0.123 e. The zero-order valence-corrected chi connectivity index (χ0v) is 10.2. The second kappa shape index (κ2) is 3.88. The molecular weight excluding hydrogens is 247 g/mol. The fraction of sp³-hybridized carbons (Fsp3) is 0.357. The van der Waals surface area contributed by atoms with Gasteiger partial charge in [-0.2, -0.15) is 0 Å². The van der Waals surface area contributed by atoms with Gasteiger partial charge in [-0.25, -0.2) is 9.37 Å². The van der Waals surface area contributed by atoms with Crippen molar-refractivity contribution in [3.05, 3.63) is 42.1 Å². The van der Waals surface area contributed by atoms with Crippen LogP contribution in [0.25, 0.3) is 11.3 Å². The van der Waals surface area contributed by atoms with Gasteiger partial charge >= 0.3 is 0 Å². The molecule has 1 fully saturated rings. The molecule has 5 heteroatoms. The maximum absolute atomic E-state index is 13.4. The van der Waals surface area contributed by atoms with Gasteiger partial charge in [0.15, 0.2) is 0 Å². The van der Waals surface area contributed by atoms with Gasteiger partial charge in [0.2, 0.25) is 0 Å². The predicted molar refractivity (Wildman–Crippen MR) is 66.1 cm³/mol. The van der Waals surface area contributed by atoms with Crippen molar-refractivity contribution >= 4 is 0 Å². The number of benzene rings is 1. The number of ether oxygens (including phenoxy) is 1. The van der Waals surface area contributed by atoms with Gasteiger partial charge in [0.05, 0.1) is 43.6 Å². The van der Waals surface area contributed by atoms with Gasteiger partial charge in [-0.05, 0) is 17.7 Å². The van der Waals surface area contributed by atoms with E-state index < -0.39 is 6.10 Å². The number of hydrogen-bond acceptors (Lipinski definition) is 3. The summed E-state index contributed by atoms with van der Waals surface area (Å²) in [6.07, 6.45) is 2.99. The summed E-state index contributed by atoms with van der Waals surface area (Å²) < 4.78 is 20.8. The van der Waals surface area contributed by atoms with Crippen molar-refractivity contribution in [2.24, 2.45) is 5.92 Å². The second-order valence-electron chi connectivity index (χ2n) is 5.13. The van der Waals surface area contributed by atoms with E-state index in [0.29, 0.717) is 13.2 Å². The largest absolute Gasteiger partial charge is 0.390 e. The summed E-state index contributed by atoms with van der Waals surface area (Å²) in [5.41, 5.74) is 2.80. The lowest BCUT2D eigenvalue weighted by Crippen LogP contribution is -2.27. The molecule has 1 aromatic carbocycles. The molecule has 2 aromatic rings. The molecule has 98 valence electrons. The standard InChI is InChI=1S/C14H13FN2O2/c15-8-1-2-9-10(3-8)12-4-16-7-17(12)14(9)11-5-19-6-13(11)18/h1-4,7,11,13-14,18H,5-6H2/t11-,13-,14?/m0/s1. The third kappa shape index (κ3) is 1.49. The molecule has 0 spiro atoms. The molecule has 3 heterocycles. The van der Waals surface area contributed by atoms with Crippen LogP contribution in [0.4, 0.5) is 4.39 Å². The average molecular weight is 260 g/mol. The number of rotatable bonds is 1. The molecule has 1 unspecified atom stereocenters. The highest BCUT2D eigenvalue weighted by atomic mass is 19.1. The smallest absolute Gasteiger partial charge is 0.123 e. The van der Waals surface area contributed by atoms with Crippen molar-refractivity contribution in [2.75, 3.05) is 13.2 Å². The van der Waals surface area contributed by atoms with E-state index in [0.717, 1.165) is 16.8 Å². The van der Waals surface area contributed by atoms with E-state index in [1.54, 1.807) is 18.6 Å². The Kier molecular flexibility index (Phi) is 2.28. The molecule has 4 rings (SSSR count). The lowest BCUT2D eigenvalue weighted by Gasteiger charge is -2.23. The van der Waals surface area contributed by atoms with E-state index in [4.69, 9.17) is 4.74 Å². The first-order valence-corrected chi connectivity index (χ1v) is 6.33. The Labute approximate surface area is 109 Å². The first-order valence-electron chi connectivity index (χ1n) is 6.33. The first-order chi connectivity index (χ1) is 9.25. The first kappa shape index (κ1) is 11.1. The highest BCUT2D eigenvalue weighted by molar-refractivity contribution is 5.69. The number of nitrogens with zero attached hydrogens (tertiary/aromatic N) is 2. The minimum absolute atomic E-state index is 0.0142. The second-order valence-corrected chi connectivity index (χ2v) is 5.13. The third-order valence-electron chi connectivity index (χ3n) is 4.07. The number of fused-ring (bicyclic) bond motifs is 3. The maximum atomic E-state index is 13.4. The Balaban J connectivity index is 1.89. The van der Waals surface area contributed by atoms with Crippen molar-refractivity contribution in [3.63, 3.8) is 0 Å². The molecule has 2 aliphatic heterocycles. The molecule has 0 saturated carbocycles. The predicted octanol–water partition coefficient (Wildman–Crippen LogP) is 1.60. The minimum atomic E-state index is -0.490. The SMILES string of the molecule is O[C@H]1COC[C@@H]1C1c2ccc(F)cc2-c2cncn21. The number of aliphatic hydroxyl groups is 1. The van der Waals surface area contributed by atoms with E-state index in [1.807, 2.05) is 4.57 Å². The number of aromatic nitrogens is 2. The van der Waals surface area contributed by atoms with Gasteiger partial charge < -0.3 is 14.4 Å². The monoisotopic (exact) mass is 260 g/mol. The zero-order chi connectivity index (χ0) is 13.0. The molecule has 2 aliphatic rings. The van der Waals surface area contributed by atoms with Gasteiger partial charge in [0.1, 0.15) is 5.82 Å². The van der Waals surface area contributed by atoms with E-state index in [9.17, 15) is 9.50 Å². The highest BCUT2D eigenvalue weighted by Crippen LogP contribution is 2.45. The van der Waals surface area contributed by atoms with Crippen LogP contribution >= 0.6 is 0 Å². The van der Waals surface area contributed by atoms with Crippen LogP contribution in [0.5, 0.6) is 0 Å². The number of imidazole rings is 1. The van der Waals surface area contributed by atoms with Crippen molar-refractivity contribution < 1.29 is 14.2 Å². The fourth-order valence-electron chi connectivity index (χ4n) is 3.19. The Morgan fingerprint density at radius 2 is 2.26 bits per heavy atom. The summed E-state index contributed by atoms with van der Waals surface area (Å²) in [5, 5.41) is 10.1. The van der Waals surface area contributed by atoms with Gasteiger partial charge in [-0.15, -0.1) is 0 Å². The van der Waals surface area contributed by atoms with E-state index in [1.165, 1.54) is 12.1 Å². The summed E-state index contributed by atoms with van der Waals surface area (Å²) in [7, 11) is 0. The lowest BCUT2D eigenvalue weighted by molar-refractivity contribution is 0.111. The average Bonchev–Trinajstić information content (AvgIpc) is 3.05. The summed E-state index contributed by atoms with van der Waals surface area (Å²) in [6, 6.07) is 4.78. The van der Waals surface area contributed by atoms with E-state index >= 15 is 0 Å².